The lowest BCUT2D eigenvalue weighted by Crippen LogP contribution is -2.43. The Labute approximate surface area is 177 Å². The van der Waals surface area contributed by atoms with Crippen molar-refractivity contribution in [1.29, 1.82) is 0 Å². The summed E-state index contributed by atoms with van der Waals surface area (Å²) in [6, 6.07) is 14.0. The fourth-order valence-corrected chi connectivity index (χ4v) is 3.91. The molecule has 30 heavy (non-hydrogen) atoms. The second-order valence-corrected chi connectivity index (χ2v) is 8.00. The van der Waals surface area contributed by atoms with E-state index in [0.29, 0.717) is 17.9 Å². The highest BCUT2D eigenvalue weighted by Gasteiger charge is 2.18. The Balaban J connectivity index is 1.40. The Morgan fingerprint density at radius 2 is 1.87 bits per heavy atom. The average molecular weight is 408 g/mol. The van der Waals surface area contributed by atoms with Gasteiger partial charge in [-0.1, -0.05) is 24.3 Å². The molecule has 2 heterocycles. The van der Waals surface area contributed by atoms with E-state index in [4.69, 9.17) is 9.15 Å². The Morgan fingerprint density at radius 1 is 1.10 bits per heavy atom. The molecular weight excluding hydrogens is 378 g/mol. The largest absolute Gasteiger partial charge is 0.497 e. The molecule has 1 aliphatic heterocycles. The van der Waals surface area contributed by atoms with E-state index < -0.39 is 0 Å². The molecule has 0 spiro atoms. The van der Waals surface area contributed by atoms with Crippen LogP contribution in [0, 0.1) is 6.92 Å². The SMILES string of the molecule is COc1ccc2oc(C(=O)NCc3cccc(CN4CCN(C)CC4)c3)c(C)c2c1. The van der Waals surface area contributed by atoms with Gasteiger partial charge in [-0.3, -0.25) is 9.69 Å². The van der Waals surface area contributed by atoms with Crippen molar-refractivity contribution in [1.82, 2.24) is 15.1 Å². The molecular formula is C24H29N3O3. The number of hydrogen-bond donors (Lipinski definition) is 1. The highest BCUT2D eigenvalue weighted by Crippen LogP contribution is 2.28. The van der Waals surface area contributed by atoms with Gasteiger partial charge in [0.2, 0.25) is 0 Å². The van der Waals surface area contributed by atoms with E-state index in [1.807, 2.05) is 31.2 Å². The third-order valence-electron chi connectivity index (χ3n) is 5.80. The van der Waals surface area contributed by atoms with Gasteiger partial charge in [0.05, 0.1) is 7.11 Å². The van der Waals surface area contributed by atoms with Crippen LogP contribution in [0.25, 0.3) is 11.0 Å². The summed E-state index contributed by atoms with van der Waals surface area (Å²) in [6.45, 7) is 7.71. The normalized spacial score (nSPS) is 15.4. The molecule has 1 aliphatic rings. The predicted molar refractivity (Wildman–Crippen MR) is 118 cm³/mol. The van der Waals surface area contributed by atoms with Crippen molar-refractivity contribution >= 4 is 16.9 Å². The first-order valence-corrected chi connectivity index (χ1v) is 10.4. The smallest absolute Gasteiger partial charge is 0.287 e. The van der Waals surface area contributed by atoms with Gasteiger partial charge in [0.15, 0.2) is 5.76 Å². The minimum Gasteiger partial charge on any atom is -0.497 e. The van der Waals surface area contributed by atoms with Crippen LogP contribution in [0.2, 0.25) is 0 Å². The quantitative estimate of drug-likeness (QED) is 0.679. The lowest BCUT2D eigenvalue weighted by molar-refractivity contribution is 0.0924. The number of carbonyl (C=O) groups excluding carboxylic acids is 1. The maximum atomic E-state index is 12.7. The highest BCUT2D eigenvalue weighted by molar-refractivity contribution is 5.99. The van der Waals surface area contributed by atoms with Crippen molar-refractivity contribution in [3.8, 4) is 5.75 Å². The molecule has 0 saturated carbocycles. The van der Waals surface area contributed by atoms with Crippen LogP contribution >= 0.6 is 0 Å². The topological polar surface area (TPSA) is 58.0 Å². The van der Waals surface area contributed by atoms with Crippen LogP contribution in [0.4, 0.5) is 0 Å². The first-order valence-electron chi connectivity index (χ1n) is 10.4. The summed E-state index contributed by atoms with van der Waals surface area (Å²) in [5.41, 5.74) is 3.88. The number of ether oxygens (including phenoxy) is 1. The standard InChI is InChI=1S/C24H29N3O3/c1-17-21-14-20(29-3)7-8-22(21)30-23(17)24(28)25-15-18-5-4-6-19(13-18)16-27-11-9-26(2)10-12-27/h4-8,13-14H,9-12,15-16H2,1-3H3,(H,25,28). The number of aryl methyl sites for hydroxylation is 1. The van der Waals surface area contributed by atoms with Gasteiger partial charge in [0, 0.05) is 50.2 Å². The van der Waals surface area contributed by atoms with E-state index in [2.05, 4.69) is 40.4 Å². The third-order valence-corrected chi connectivity index (χ3v) is 5.80. The van der Waals surface area contributed by atoms with E-state index in [1.54, 1.807) is 7.11 Å². The summed E-state index contributed by atoms with van der Waals surface area (Å²) in [6.07, 6.45) is 0. The van der Waals surface area contributed by atoms with Crippen LogP contribution < -0.4 is 10.1 Å². The molecule has 0 aliphatic carbocycles. The number of carbonyl (C=O) groups is 1. The summed E-state index contributed by atoms with van der Waals surface area (Å²) in [5.74, 6) is 0.898. The number of amides is 1. The van der Waals surface area contributed by atoms with E-state index >= 15 is 0 Å². The summed E-state index contributed by atoms with van der Waals surface area (Å²) in [7, 11) is 3.79. The predicted octanol–water partition coefficient (Wildman–Crippen LogP) is 3.43. The molecule has 0 unspecified atom stereocenters. The Bertz CT molecular complexity index is 1040. The zero-order chi connectivity index (χ0) is 21.1. The summed E-state index contributed by atoms with van der Waals surface area (Å²) in [5, 5.41) is 3.90. The number of hydrogen-bond acceptors (Lipinski definition) is 5. The molecule has 1 amide bonds. The number of furan rings is 1. The number of fused-ring (bicyclic) bond motifs is 1. The molecule has 4 rings (SSSR count). The van der Waals surface area contributed by atoms with Crippen LogP contribution in [0.5, 0.6) is 5.75 Å². The maximum Gasteiger partial charge on any atom is 0.287 e. The molecule has 0 bridgehead atoms. The third kappa shape index (κ3) is 4.50. The van der Waals surface area contributed by atoms with Crippen molar-refractivity contribution in [3.63, 3.8) is 0 Å². The van der Waals surface area contributed by atoms with Crippen molar-refractivity contribution in [2.24, 2.45) is 0 Å². The molecule has 6 nitrogen and oxygen atoms in total. The Morgan fingerprint density at radius 3 is 2.63 bits per heavy atom. The monoisotopic (exact) mass is 407 g/mol. The second kappa shape index (κ2) is 8.90. The summed E-state index contributed by atoms with van der Waals surface area (Å²) >= 11 is 0. The van der Waals surface area contributed by atoms with Gasteiger partial charge in [0.25, 0.3) is 5.91 Å². The minimum atomic E-state index is -0.202. The van der Waals surface area contributed by atoms with E-state index in [9.17, 15) is 4.79 Å². The molecule has 1 fully saturated rings. The minimum absolute atomic E-state index is 0.202. The Hall–Kier alpha value is -2.83. The van der Waals surface area contributed by atoms with Crippen LogP contribution in [0.1, 0.15) is 27.2 Å². The summed E-state index contributed by atoms with van der Waals surface area (Å²) in [4.78, 5) is 17.6. The molecule has 1 aromatic heterocycles. The van der Waals surface area contributed by atoms with Gasteiger partial charge in [-0.15, -0.1) is 0 Å². The Kier molecular flexibility index (Phi) is 6.06. The molecule has 0 radical (unpaired) electrons. The molecule has 1 N–H and O–H groups in total. The summed E-state index contributed by atoms with van der Waals surface area (Å²) < 4.78 is 11.1. The number of piperazine rings is 1. The fraction of sp³-hybridized carbons (Fsp3) is 0.375. The fourth-order valence-electron chi connectivity index (χ4n) is 3.91. The van der Waals surface area contributed by atoms with Gasteiger partial charge >= 0.3 is 0 Å². The first kappa shape index (κ1) is 20.4. The molecule has 2 aromatic carbocycles. The number of nitrogens with one attached hydrogen (secondary N) is 1. The van der Waals surface area contributed by atoms with Crippen molar-refractivity contribution in [3.05, 3.63) is 64.9 Å². The zero-order valence-electron chi connectivity index (χ0n) is 17.9. The lowest BCUT2D eigenvalue weighted by atomic mass is 10.1. The lowest BCUT2D eigenvalue weighted by Gasteiger charge is -2.32. The van der Waals surface area contributed by atoms with Gasteiger partial charge in [-0.05, 0) is 43.3 Å². The molecule has 1 saturated heterocycles. The van der Waals surface area contributed by atoms with Crippen LogP contribution in [-0.2, 0) is 13.1 Å². The maximum absolute atomic E-state index is 12.7. The number of benzene rings is 2. The van der Waals surface area contributed by atoms with E-state index in [-0.39, 0.29) is 5.91 Å². The number of nitrogens with zero attached hydrogens (tertiary/aromatic N) is 2. The molecule has 3 aromatic rings. The average Bonchev–Trinajstić information content (AvgIpc) is 3.10. The van der Waals surface area contributed by atoms with Crippen molar-refractivity contribution in [2.45, 2.75) is 20.0 Å². The van der Waals surface area contributed by atoms with Gasteiger partial charge < -0.3 is 19.4 Å². The van der Waals surface area contributed by atoms with Crippen LogP contribution in [0.3, 0.4) is 0 Å². The van der Waals surface area contributed by atoms with Gasteiger partial charge in [0.1, 0.15) is 11.3 Å². The number of rotatable bonds is 6. The van der Waals surface area contributed by atoms with Crippen LogP contribution in [0.15, 0.2) is 46.9 Å². The zero-order valence-corrected chi connectivity index (χ0v) is 17.9. The van der Waals surface area contributed by atoms with E-state index in [0.717, 1.165) is 55.0 Å². The van der Waals surface area contributed by atoms with Crippen molar-refractivity contribution in [2.75, 3.05) is 40.3 Å². The molecule has 158 valence electrons. The molecule has 6 heteroatoms. The van der Waals surface area contributed by atoms with Gasteiger partial charge in [-0.25, -0.2) is 0 Å². The first-order chi connectivity index (χ1) is 14.5. The number of likely N-dealkylation sites (N-methyl/N-ethyl adjacent to an activating group) is 1. The van der Waals surface area contributed by atoms with Gasteiger partial charge in [-0.2, -0.15) is 0 Å². The second-order valence-electron chi connectivity index (χ2n) is 8.00. The number of methoxy groups -OCH3 is 1. The highest BCUT2D eigenvalue weighted by atomic mass is 16.5. The van der Waals surface area contributed by atoms with Crippen molar-refractivity contribution < 1.29 is 13.9 Å². The van der Waals surface area contributed by atoms with E-state index in [1.165, 1.54) is 5.56 Å². The van der Waals surface area contributed by atoms with Crippen LogP contribution in [-0.4, -0.2) is 56.0 Å². The molecule has 0 atom stereocenters.